The first-order chi connectivity index (χ1) is 17.2. The van der Waals surface area contributed by atoms with Gasteiger partial charge in [-0.05, 0) is 35.9 Å². The van der Waals surface area contributed by atoms with E-state index in [0.717, 1.165) is 6.07 Å². The van der Waals surface area contributed by atoms with E-state index in [0.29, 0.717) is 6.29 Å². The van der Waals surface area contributed by atoms with Gasteiger partial charge in [-0.25, -0.2) is 0 Å². The number of hydrogen-bond acceptors (Lipinski definition) is 9. The molecule has 192 valence electrons. The Balaban J connectivity index is 2.30. The predicted octanol–water partition coefficient (Wildman–Crippen LogP) is 3.41. The summed E-state index contributed by atoms with van der Waals surface area (Å²) in [5.74, 6) is -1.20. The minimum absolute atomic E-state index is 0.00628. The van der Waals surface area contributed by atoms with Crippen molar-refractivity contribution in [1.29, 1.82) is 5.41 Å². The summed E-state index contributed by atoms with van der Waals surface area (Å²) in [5.41, 5.74) is 5.29. The van der Waals surface area contributed by atoms with Crippen molar-refractivity contribution in [3.8, 4) is 22.5 Å². The molecule has 0 aromatic heterocycles. The first-order valence-electron chi connectivity index (χ1n) is 10.6. The van der Waals surface area contributed by atoms with Crippen LogP contribution in [-0.2, 0) is 20.2 Å². The van der Waals surface area contributed by atoms with Crippen molar-refractivity contribution < 1.29 is 39.9 Å². The molecule has 0 bridgehead atoms. The number of nitrogen functional groups attached to an aromatic ring is 1. The number of ketones is 1. The van der Waals surface area contributed by atoms with Crippen LogP contribution in [-0.4, -0.2) is 38.0 Å². The van der Waals surface area contributed by atoms with Crippen molar-refractivity contribution in [1.82, 2.24) is 0 Å². The SMILES string of the molecule is CC(C)C(=O)c1ccc(-c2c3ccc(=N)c(S(=O)(=O)O)c-3oc3c(S(=O)(=O)O)c(N)ccc23)c(C=O)c1. The van der Waals surface area contributed by atoms with Crippen LogP contribution in [0.2, 0.25) is 0 Å². The molecule has 0 saturated carbocycles. The van der Waals surface area contributed by atoms with Gasteiger partial charge in [0.2, 0.25) is 0 Å². The average Bonchev–Trinajstić information content (AvgIpc) is 2.79. The number of nitrogens with one attached hydrogen (secondary N) is 1. The van der Waals surface area contributed by atoms with Crippen molar-refractivity contribution in [3.63, 3.8) is 0 Å². The van der Waals surface area contributed by atoms with E-state index in [2.05, 4.69) is 0 Å². The van der Waals surface area contributed by atoms with Gasteiger partial charge in [-0.15, -0.1) is 0 Å². The number of hydrogen-bond donors (Lipinski definition) is 4. The molecular weight excluding hydrogens is 524 g/mol. The number of carbonyl (C=O) groups excluding carboxylic acids is 2. The molecule has 0 saturated heterocycles. The lowest BCUT2D eigenvalue weighted by Crippen LogP contribution is -2.16. The Morgan fingerprint density at radius 3 is 2.16 bits per heavy atom. The zero-order chi connectivity index (χ0) is 27.4. The van der Waals surface area contributed by atoms with Crippen molar-refractivity contribution in [2.24, 2.45) is 5.92 Å². The summed E-state index contributed by atoms with van der Waals surface area (Å²) in [5, 5.41) is 7.37. The molecular formula is C24H20N2O9S2. The highest BCUT2D eigenvalue weighted by Gasteiger charge is 2.31. The van der Waals surface area contributed by atoms with Gasteiger partial charge in [0.1, 0.15) is 0 Å². The minimum Gasteiger partial charge on any atom is -0.453 e. The number of nitrogens with two attached hydrogens (primary N) is 1. The smallest absolute Gasteiger partial charge is 0.300 e. The fraction of sp³-hybridized carbons (Fsp3) is 0.125. The second kappa shape index (κ2) is 8.88. The van der Waals surface area contributed by atoms with Crippen LogP contribution in [0, 0.1) is 11.3 Å². The molecule has 0 fully saturated rings. The molecule has 1 heterocycles. The zero-order valence-electron chi connectivity index (χ0n) is 19.3. The summed E-state index contributed by atoms with van der Waals surface area (Å²) in [7, 11) is -10.1. The quantitative estimate of drug-likeness (QED) is 0.0914. The maximum atomic E-state index is 12.5. The van der Waals surface area contributed by atoms with Crippen molar-refractivity contribution in [2.45, 2.75) is 23.6 Å². The Morgan fingerprint density at radius 1 is 0.973 bits per heavy atom. The van der Waals surface area contributed by atoms with Crippen LogP contribution in [0.4, 0.5) is 5.69 Å². The molecule has 0 radical (unpaired) electrons. The Bertz CT molecular complexity index is 1870. The number of anilines is 1. The molecule has 2 aromatic carbocycles. The molecule has 1 aliphatic carbocycles. The Morgan fingerprint density at radius 2 is 1.59 bits per heavy atom. The molecule has 37 heavy (non-hydrogen) atoms. The van der Waals surface area contributed by atoms with Crippen LogP contribution in [0.3, 0.4) is 0 Å². The van der Waals surface area contributed by atoms with Crippen molar-refractivity contribution in [2.75, 3.05) is 5.73 Å². The topological polar surface area (TPSA) is 206 Å². The van der Waals surface area contributed by atoms with E-state index in [1.165, 1.54) is 36.4 Å². The van der Waals surface area contributed by atoms with Crippen LogP contribution in [0.15, 0.2) is 56.7 Å². The normalized spacial score (nSPS) is 12.4. The summed E-state index contributed by atoms with van der Waals surface area (Å²) in [6.45, 7) is 3.38. The molecule has 1 aliphatic heterocycles. The Labute approximate surface area is 210 Å². The maximum absolute atomic E-state index is 12.5. The molecule has 2 aromatic rings. The molecule has 0 spiro atoms. The maximum Gasteiger partial charge on any atom is 0.300 e. The van der Waals surface area contributed by atoms with E-state index in [1.54, 1.807) is 13.8 Å². The van der Waals surface area contributed by atoms with Gasteiger partial charge in [0, 0.05) is 33.6 Å². The van der Waals surface area contributed by atoms with E-state index in [1.807, 2.05) is 0 Å². The second-order valence-electron chi connectivity index (χ2n) is 8.55. The third kappa shape index (κ3) is 4.42. The largest absolute Gasteiger partial charge is 0.453 e. The van der Waals surface area contributed by atoms with Crippen LogP contribution < -0.4 is 11.1 Å². The van der Waals surface area contributed by atoms with Gasteiger partial charge in [0.15, 0.2) is 33.2 Å². The molecule has 0 unspecified atom stereocenters. The van der Waals surface area contributed by atoms with Crippen LogP contribution in [0.1, 0.15) is 34.6 Å². The van der Waals surface area contributed by atoms with Crippen LogP contribution in [0.25, 0.3) is 33.4 Å². The highest BCUT2D eigenvalue weighted by atomic mass is 32.2. The standard InChI is InChI=1S/C24H20N2O9S2/c1-11(2)20(28)12-3-4-14(13(9-12)10-27)19-15-5-7-17(25)23(36(29,30)31)21(15)35-22-16(19)6-8-18(26)24(22)37(32,33)34/h3-11,25H,26H2,1-2H3,(H,29,30,31)(H,32,33,34). The highest BCUT2D eigenvalue weighted by Crippen LogP contribution is 2.45. The first-order valence-corrected chi connectivity index (χ1v) is 13.5. The number of rotatable bonds is 6. The van der Waals surface area contributed by atoms with E-state index in [9.17, 15) is 35.5 Å². The van der Waals surface area contributed by atoms with Gasteiger partial charge in [-0.3, -0.25) is 24.1 Å². The summed E-state index contributed by atoms with van der Waals surface area (Å²) in [4.78, 5) is 22.8. The summed E-state index contributed by atoms with van der Waals surface area (Å²) < 4.78 is 74.2. The summed E-state index contributed by atoms with van der Waals surface area (Å²) >= 11 is 0. The van der Waals surface area contributed by atoms with E-state index in [-0.39, 0.29) is 44.9 Å². The molecule has 0 amide bonds. The van der Waals surface area contributed by atoms with Gasteiger partial charge in [-0.1, -0.05) is 26.0 Å². The molecule has 4 rings (SSSR count). The average molecular weight is 545 g/mol. The molecule has 2 aliphatic rings. The molecule has 13 heteroatoms. The summed E-state index contributed by atoms with van der Waals surface area (Å²) in [6.07, 6.45) is 0.470. The van der Waals surface area contributed by atoms with E-state index >= 15 is 0 Å². The van der Waals surface area contributed by atoms with Gasteiger partial charge in [-0.2, -0.15) is 16.8 Å². The molecule has 11 nitrogen and oxygen atoms in total. The monoisotopic (exact) mass is 544 g/mol. The fourth-order valence-electron chi connectivity index (χ4n) is 4.17. The number of benzene rings is 3. The number of aldehydes is 1. The van der Waals surface area contributed by atoms with Crippen molar-refractivity contribution in [3.05, 3.63) is 58.9 Å². The molecule has 0 atom stereocenters. The number of Topliss-reactive ketones (excluding diaryl/α,β-unsaturated/α-hetero) is 1. The number of carbonyl (C=O) groups is 2. The lowest BCUT2D eigenvalue weighted by atomic mass is 9.89. The van der Waals surface area contributed by atoms with Gasteiger partial charge >= 0.3 is 0 Å². The van der Waals surface area contributed by atoms with E-state index < -0.39 is 52.4 Å². The van der Waals surface area contributed by atoms with Crippen LogP contribution in [0.5, 0.6) is 0 Å². The highest BCUT2D eigenvalue weighted by molar-refractivity contribution is 7.86. The minimum atomic E-state index is -5.07. The van der Waals surface area contributed by atoms with Gasteiger partial charge in [0.05, 0.1) is 11.0 Å². The predicted molar refractivity (Wildman–Crippen MR) is 133 cm³/mol. The second-order valence-corrected chi connectivity index (χ2v) is 11.3. The van der Waals surface area contributed by atoms with Crippen LogP contribution >= 0.6 is 0 Å². The Kier molecular flexibility index (Phi) is 6.28. The first kappa shape index (κ1) is 26.2. The fourth-order valence-corrected chi connectivity index (χ4v) is 5.65. The third-order valence-electron chi connectivity index (χ3n) is 5.77. The lowest BCUT2D eigenvalue weighted by Gasteiger charge is -2.20. The van der Waals surface area contributed by atoms with Gasteiger partial charge < -0.3 is 10.2 Å². The zero-order valence-corrected chi connectivity index (χ0v) is 21.0. The third-order valence-corrected chi connectivity index (χ3v) is 7.63. The van der Waals surface area contributed by atoms with Gasteiger partial charge in [0.25, 0.3) is 20.2 Å². The lowest BCUT2D eigenvalue weighted by molar-refractivity contribution is 0.0939. The molecule has 5 N–H and O–H groups in total. The summed E-state index contributed by atoms with van der Waals surface area (Å²) in [6, 6.07) is 9.13. The number of fused-ring (bicyclic) bond motifs is 2. The Hall–Kier alpha value is -3.91. The van der Waals surface area contributed by atoms with Crippen molar-refractivity contribution >= 4 is 49.0 Å². The van der Waals surface area contributed by atoms with E-state index in [4.69, 9.17) is 15.6 Å².